The molecule has 1 aliphatic rings. The molecular formula is C17H22F3N5O. The molecule has 0 unspecified atom stereocenters. The highest BCUT2D eigenvalue weighted by atomic mass is 19.4. The van der Waals surface area contributed by atoms with E-state index in [9.17, 15) is 18.0 Å². The first-order chi connectivity index (χ1) is 12.2. The van der Waals surface area contributed by atoms with Crippen LogP contribution < -0.4 is 5.32 Å². The quantitative estimate of drug-likeness (QED) is 0.903. The molecule has 0 saturated heterocycles. The summed E-state index contributed by atoms with van der Waals surface area (Å²) in [6, 6.07) is 0.150. The van der Waals surface area contributed by atoms with Crippen LogP contribution in [0.25, 0.3) is 5.78 Å². The van der Waals surface area contributed by atoms with Crippen molar-refractivity contribution in [2.24, 2.45) is 5.92 Å². The van der Waals surface area contributed by atoms with Crippen LogP contribution in [0.1, 0.15) is 55.4 Å². The zero-order valence-corrected chi connectivity index (χ0v) is 15.0. The Morgan fingerprint density at radius 2 is 1.92 bits per heavy atom. The normalized spacial score (nSPS) is 21.2. The monoisotopic (exact) mass is 369 g/mol. The molecule has 2 atom stereocenters. The molecular weight excluding hydrogens is 347 g/mol. The first kappa shape index (κ1) is 18.6. The van der Waals surface area contributed by atoms with Gasteiger partial charge in [0.1, 0.15) is 0 Å². The van der Waals surface area contributed by atoms with Crippen LogP contribution in [0.2, 0.25) is 0 Å². The number of aryl methyl sites for hydroxylation is 2. The van der Waals surface area contributed by atoms with E-state index in [1.165, 1.54) is 6.42 Å². The van der Waals surface area contributed by atoms with Crippen LogP contribution in [0.15, 0.2) is 0 Å². The van der Waals surface area contributed by atoms with Gasteiger partial charge in [-0.25, -0.2) is 9.50 Å². The molecule has 0 spiro atoms. The van der Waals surface area contributed by atoms with Crippen LogP contribution in [-0.4, -0.2) is 31.5 Å². The number of nitrogens with zero attached hydrogens (tertiary/aromatic N) is 4. The number of halogens is 3. The molecule has 1 aliphatic carbocycles. The van der Waals surface area contributed by atoms with Crippen molar-refractivity contribution in [3.63, 3.8) is 0 Å². The van der Waals surface area contributed by atoms with E-state index in [1.54, 1.807) is 13.8 Å². The molecule has 2 aromatic heterocycles. The van der Waals surface area contributed by atoms with Crippen LogP contribution in [-0.2, 0) is 17.4 Å². The summed E-state index contributed by atoms with van der Waals surface area (Å²) in [5.74, 6) is -1.06. The molecule has 1 fully saturated rings. The number of hydrogen-bond acceptors (Lipinski definition) is 4. The van der Waals surface area contributed by atoms with E-state index in [4.69, 9.17) is 0 Å². The van der Waals surface area contributed by atoms with Gasteiger partial charge in [0.25, 0.3) is 11.6 Å². The van der Waals surface area contributed by atoms with Crippen LogP contribution in [0.5, 0.6) is 0 Å². The Bertz CT molecular complexity index is 830. The van der Waals surface area contributed by atoms with E-state index in [0.717, 1.165) is 23.8 Å². The van der Waals surface area contributed by atoms with Gasteiger partial charge in [0.05, 0.1) is 6.42 Å². The topological polar surface area (TPSA) is 72.2 Å². The highest BCUT2D eigenvalue weighted by Gasteiger charge is 2.37. The lowest BCUT2D eigenvalue weighted by Crippen LogP contribution is -2.41. The van der Waals surface area contributed by atoms with Crippen molar-refractivity contribution < 1.29 is 18.0 Å². The number of rotatable bonds is 3. The molecule has 2 aromatic rings. The summed E-state index contributed by atoms with van der Waals surface area (Å²) in [4.78, 5) is 20.0. The van der Waals surface area contributed by atoms with Gasteiger partial charge in [-0.1, -0.05) is 19.8 Å². The smallest absolute Gasteiger partial charge is 0.353 e. The van der Waals surface area contributed by atoms with Crippen molar-refractivity contribution >= 4 is 11.7 Å². The van der Waals surface area contributed by atoms with Crippen molar-refractivity contribution in [1.82, 2.24) is 24.9 Å². The zero-order chi connectivity index (χ0) is 19.1. The summed E-state index contributed by atoms with van der Waals surface area (Å²) < 4.78 is 39.6. The minimum atomic E-state index is -4.64. The Balaban J connectivity index is 1.84. The maximum atomic E-state index is 12.8. The molecule has 1 N–H and O–H groups in total. The van der Waals surface area contributed by atoms with Gasteiger partial charge in [-0.15, -0.1) is 5.10 Å². The van der Waals surface area contributed by atoms with Gasteiger partial charge in [-0.05, 0) is 32.6 Å². The molecule has 0 bridgehead atoms. The van der Waals surface area contributed by atoms with Crippen LogP contribution in [0.4, 0.5) is 13.2 Å². The summed E-state index contributed by atoms with van der Waals surface area (Å²) >= 11 is 0. The first-order valence-corrected chi connectivity index (χ1v) is 8.76. The summed E-state index contributed by atoms with van der Waals surface area (Å²) in [6.07, 6.45) is -0.246. The number of amides is 1. The lowest BCUT2D eigenvalue weighted by molar-refractivity contribution is -0.144. The zero-order valence-electron chi connectivity index (χ0n) is 15.0. The van der Waals surface area contributed by atoms with E-state index in [-0.39, 0.29) is 24.1 Å². The largest absolute Gasteiger partial charge is 0.453 e. The predicted molar refractivity (Wildman–Crippen MR) is 88.5 cm³/mol. The lowest BCUT2D eigenvalue weighted by atomic mass is 9.86. The molecule has 0 radical (unpaired) electrons. The maximum Gasteiger partial charge on any atom is 0.453 e. The van der Waals surface area contributed by atoms with Gasteiger partial charge in [0.2, 0.25) is 5.91 Å². The Labute approximate surface area is 149 Å². The molecule has 6 nitrogen and oxygen atoms in total. The number of nitrogens with one attached hydrogen (secondary N) is 1. The molecule has 0 aromatic carbocycles. The highest BCUT2D eigenvalue weighted by Crippen LogP contribution is 2.27. The molecule has 0 aliphatic heterocycles. The second-order valence-corrected chi connectivity index (χ2v) is 7.02. The number of aromatic nitrogens is 4. The second kappa shape index (κ2) is 6.85. The van der Waals surface area contributed by atoms with Crippen molar-refractivity contribution in [1.29, 1.82) is 0 Å². The van der Waals surface area contributed by atoms with Gasteiger partial charge in [-0.2, -0.15) is 18.2 Å². The van der Waals surface area contributed by atoms with Gasteiger partial charge in [0.15, 0.2) is 0 Å². The van der Waals surface area contributed by atoms with Gasteiger partial charge in [0, 0.05) is 23.0 Å². The van der Waals surface area contributed by atoms with Crippen LogP contribution in [0, 0.1) is 19.8 Å². The van der Waals surface area contributed by atoms with Crippen molar-refractivity contribution in [3.8, 4) is 0 Å². The Hall–Kier alpha value is -2.19. The van der Waals surface area contributed by atoms with E-state index < -0.39 is 12.0 Å². The third-order valence-corrected chi connectivity index (χ3v) is 5.10. The molecule has 26 heavy (non-hydrogen) atoms. The molecule has 1 amide bonds. The van der Waals surface area contributed by atoms with Crippen LogP contribution in [0.3, 0.4) is 0 Å². The average Bonchev–Trinajstić information content (AvgIpc) is 2.98. The van der Waals surface area contributed by atoms with E-state index in [1.807, 2.05) is 0 Å². The minimum Gasteiger partial charge on any atom is -0.353 e. The van der Waals surface area contributed by atoms with Crippen LogP contribution >= 0.6 is 0 Å². The summed E-state index contributed by atoms with van der Waals surface area (Å²) in [7, 11) is 0. The minimum absolute atomic E-state index is 0.0606. The molecule has 9 heteroatoms. The molecule has 1 saturated carbocycles. The Kier molecular flexibility index (Phi) is 4.90. The lowest BCUT2D eigenvalue weighted by Gasteiger charge is -2.29. The maximum absolute atomic E-state index is 12.8. The molecule has 142 valence electrons. The summed E-state index contributed by atoms with van der Waals surface area (Å²) in [6.45, 7) is 5.42. The number of carbonyl (C=O) groups is 1. The van der Waals surface area contributed by atoms with Gasteiger partial charge < -0.3 is 5.32 Å². The van der Waals surface area contributed by atoms with E-state index in [2.05, 4.69) is 27.3 Å². The fourth-order valence-electron chi connectivity index (χ4n) is 3.53. The van der Waals surface area contributed by atoms with Crippen molar-refractivity contribution in [2.45, 2.75) is 65.1 Å². The third-order valence-electron chi connectivity index (χ3n) is 5.10. The summed E-state index contributed by atoms with van der Waals surface area (Å²) in [5, 5.41) is 6.56. The average molecular weight is 369 g/mol. The molecule has 2 heterocycles. The number of alkyl halides is 3. The third kappa shape index (κ3) is 3.66. The fourth-order valence-corrected chi connectivity index (χ4v) is 3.53. The number of hydrogen-bond donors (Lipinski definition) is 1. The van der Waals surface area contributed by atoms with Gasteiger partial charge >= 0.3 is 6.18 Å². The number of carbonyl (C=O) groups excluding carboxylic acids is 1. The summed E-state index contributed by atoms with van der Waals surface area (Å²) in [5.41, 5.74) is 1.52. The van der Waals surface area contributed by atoms with E-state index >= 15 is 0 Å². The SMILES string of the molecule is Cc1nc2nc(C(F)(F)F)nn2c(C)c1CC(=O)N[C@@H]1CCCC[C@H]1C. The Morgan fingerprint density at radius 3 is 2.58 bits per heavy atom. The first-order valence-electron chi connectivity index (χ1n) is 8.76. The van der Waals surface area contributed by atoms with Gasteiger partial charge in [-0.3, -0.25) is 4.79 Å². The predicted octanol–water partition coefficient (Wildman–Crippen LogP) is 3.00. The second-order valence-electron chi connectivity index (χ2n) is 7.02. The van der Waals surface area contributed by atoms with Crippen molar-refractivity contribution in [3.05, 3.63) is 22.8 Å². The van der Waals surface area contributed by atoms with E-state index in [0.29, 0.717) is 22.9 Å². The van der Waals surface area contributed by atoms with Crippen molar-refractivity contribution in [2.75, 3.05) is 0 Å². The number of fused-ring (bicyclic) bond motifs is 1. The molecule has 3 rings (SSSR count). The highest BCUT2D eigenvalue weighted by molar-refractivity contribution is 5.79. The Morgan fingerprint density at radius 1 is 1.23 bits per heavy atom. The standard InChI is InChI=1S/C17H22F3N5O/c1-9-6-4-5-7-13(9)22-14(26)8-12-10(2)21-16-23-15(17(18,19)20)24-25(16)11(12)3/h9,13H,4-8H2,1-3H3,(H,22,26)/t9-,13-/m1/s1. The fraction of sp³-hybridized carbons (Fsp3) is 0.647.